The molecule has 5 nitrogen and oxygen atoms in total. The Hall–Kier alpha value is -1.10. The maximum absolute atomic E-state index is 12.5. The van der Waals surface area contributed by atoms with E-state index in [1.165, 1.54) is 0 Å². The van der Waals surface area contributed by atoms with Gasteiger partial charge in [0.2, 0.25) is 5.91 Å². The van der Waals surface area contributed by atoms with Gasteiger partial charge in [0, 0.05) is 19.5 Å². The third-order valence-corrected chi connectivity index (χ3v) is 4.29. The van der Waals surface area contributed by atoms with Gasteiger partial charge >= 0.3 is 5.97 Å². The number of carbonyl (C=O) groups excluding carboxylic acids is 1. The molecule has 0 aliphatic carbocycles. The van der Waals surface area contributed by atoms with Crippen LogP contribution in [0.5, 0.6) is 0 Å². The lowest BCUT2D eigenvalue weighted by atomic mass is 9.76. The van der Waals surface area contributed by atoms with Crippen LogP contribution in [0.3, 0.4) is 0 Å². The maximum atomic E-state index is 12.5. The van der Waals surface area contributed by atoms with Gasteiger partial charge in [-0.1, -0.05) is 26.2 Å². The van der Waals surface area contributed by atoms with Gasteiger partial charge < -0.3 is 15.7 Å². The number of piperidine rings is 1. The molecule has 21 heavy (non-hydrogen) atoms. The summed E-state index contributed by atoms with van der Waals surface area (Å²) in [6.07, 6.45) is 7.84. The molecule has 0 spiro atoms. The summed E-state index contributed by atoms with van der Waals surface area (Å²) in [5, 5.41) is 15.0. The lowest BCUT2D eigenvalue weighted by molar-refractivity contribution is -0.137. The normalized spacial score (nSPS) is 22.0. The van der Waals surface area contributed by atoms with Gasteiger partial charge in [0.05, 0.1) is 5.41 Å². The van der Waals surface area contributed by atoms with Crippen LogP contribution in [-0.4, -0.2) is 36.6 Å². The van der Waals surface area contributed by atoms with Crippen molar-refractivity contribution in [2.45, 2.75) is 64.7 Å². The number of nitrogens with one attached hydrogen (secondary N) is 2. The second-order valence-electron chi connectivity index (χ2n) is 6.12. The molecule has 0 aromatic carbocycles. The van der Waals surface area contributed by atoms with Gasteiger partial charge in [0.15, 0.2) is 0 Å². The van der Waals surface area contributed by atoms with Crippen molar-refractivity contribution in [2.24, 2.45) is 5.41 Å². The smallest absolute Gasteiger partial charge is 0.303 e. The molecular formula is C16H30N2O3. The van der Waals surface area contributed by atoms with Gasteiger partial charge in [-0.2, -0.15) is 0 Å². The third-order valence-electron chi connectivity index (χ3n) is 4.29. The van der Waals surface area contributed by atoms with Crippen molar-refractivity contribution in [1.82, 2.24) is 10.6 Å². The van der Waals surface area contributed by atoms with Crippen LogP contribution in [-0.2, 0) is 9.59 Å². The predicted octanol–water partition coefficient (Wildman–Crippen LogP) is 2.31. The molecule has 1 amide bonds. The fourth-order valence-corrected chi connectivity index (χ4v) is 3.11. The number of hydrogen-bond donors (Lipinski definition) is 3. The molecular weight excluding hydrogens is 268 g/mol. The molecule has 1 atom stereocenters. The quantitative estimate of drug-likeness (QED) is 0.541. The van der Waals surface area contributed by atoms with Crippen LogP contribution in [0.2, 0.25) is 0 Å². The van der Waals surface area contributed by atoms with Crippen LogP contribution in [0.15, 0.2) is 0 Å². The number of carboxylic acids is 1. The molecule has 1 rings (SSSR count). The Kier molecular flexibility index (Phi) is 8.35. The fourth-order valence-electron chi connectivity index (χ4n) is 3.11. The van der Waals surface area contributed by atoms with E-state index in [4.69, 9.17) is 5.11 Å². The van der Waals surface area contributed by atoms with E-state index >= 15 is 0 Å². The van der Waals surface area contributed by atoms with Crippen molar-refractivity contribution in [3.63, 3.8) is 0 Å². The van der Waals surface area contributed by atoms with Crippen molar-refractivity contribution in [3.05, 3.63) is 0 Å². The zero-order valence-corrected chi connectivity index (χ0v) is 13.2. The number of amides is 1. The maximum Gasteiger partial charge on any atom is 0.303 e. The Balaban J connectivity index is 2.20. The largest absolute Gasteiger partial charge is 0.481 e. The van der Waals surface area contributed by atoms with E-state index in [0.29, 0.717) is 6.54 Å². The summed E-state index contributed by atoms with van der Waals surface area (Å²) < 4.78 is 0. The van der Waals surface area contributed by atoms with E-state index in [1.807, 2.05) is 0 Å². The van der Waals surface area contributed by atoms with Crippen molar-refractivity contribution < 1.29 is 14.7 Å². The summed E-state index contributed by atoms with van der Waals surface area (Å²) in [5.74, 6) is -0.531. The molecule has 5 heteroatoms. The van der Waals surface area contributed by atoms with Crippen LogP contribution in [0.1, 0.15) is 64.7 Å². The van der Waals surface area contributed by atoms with Crippen LogP contribution in [0.25, 0.3) is 0 Å². The average molecular weight is 298 g/mol. The first-order valence-corrected chi connectivity index (χ1v) is 8.31. The van der Waals surface area contributed by atoms with E-state index in [9.17, 15) is 9.59 Å². The highest BCUT2D eigenvalue weighted by molar-refractivity contribution is 5.83. The third kappa shape index (κ3) is 6.46. The Morgan fingerprint density at radius 2 is 2.00 bits per heavy atom. The average Bonchev–Trinajstić information content (AvgIpc) is 2.47. The van der Waals surface area contributed by atoms with E-state index in [2.05, 4.69) is 17.6 Å². The topological polar surface area (TPSA) is 78.4 Å². The monoisotopic (exact) mass is 298 g/mol. The van der Waals surface area contributed by atoms with Crippen LogP contribution >= 0.6 is 0 Å². The van der Waals surface area contributed by atoms with Crippen molar-refractivity contribution in [1.29, 1.82) is 0 Å². The lowest BCUT2D eigenvalue weighted by Gasteiger charge is -2.36. The number of rotatable bonds is 10. The number of carboxylic acid groups (broad SMARTS) is 1. The van der Waals surface area contributed by atoms with E-state index in [0.717, 1.165) is 64.5 Å². The van der Waals surface area contributed by atoms with Gasteiger partial charge in [0.1, 0.15) is 0 Å². The molecule has 0 saturated carbocycles. The summed E-state index contributed by atoms with van der Waals surface area (Å²) in [6.45, 7) is 4.65. The Morgan fingerprint density at radius 3 is 2.62 bits per heavy atom. The summed E-state index contributed by atoms with van der Waals surface area (Å²) >= 11 is 0. The van der Waals surface area contributed by atoms with Crippen molar-refractivity contribution in [2.75, 3.05) is 19.6 Å². The molecule has 1 aliphatic rings. The standard InChI is InChI=1S/C16H30N2O3/c1-2-9-16(10-7-11-17-13-16)15(21)18-12-6-4-3-5-8-14(19)20/h17H,2-13H2,1H3,(H,18,21)(H,19,20). The predicted molar refractivity (Wildman–Crippen MR) is 83.2 cm³/mol. The molecule has 0 bridgehead atoms. The minimum absolute atomic E-state index is 0.196. The molecule has 3 N–H and O–H groups in total. The number of aliphatic carboxylic acids is 1. The number of hydrogen-bond acceptors (Lipinski definition) is 3. The van der Waals surface area contributed by atoms with Gasteiger partial charge in [-0.15, -0.1) is 0 Å². The molecule has 1 unspecified atom stereocenters. The highest BCUT2D eigenvalue weighted by atomic mass is 16.4. The van der Waals surface area contributed by atoms with Gasteiger partial charge in [-0.05, 0) is 38.6 Å². The number of carbonyl (C=O) groups is 2. The van der Waals surface area contributed by atoms with Crippen LogP contribution in [0.4, 0.5) is 0 Å². The zero-order valence-electron chi connectivity index (χ0n) is 13.2. The summed E-state index contributed by atoms with van der Waals surface area (Å²) in [7, 11) is 0. The van der Waals surface area contributed by atoms with Crippen molar-refractivity contribution >= 4 is 11.9 Å². The SMILES string of the molecule is CCCC1(C(=O)NCCCCCCC(=O)O)CCCNC1. The molecule has 1 fully saturated rings. The molecule has 122 valence electrons. The first-order chi connectivity index (χ1) is 10.1. The van der Waals surface area contributed by atoms with Gasteiger partial charge in [-0.3, -0.25) is 9.59 Å². The van der Waals surface area contributed by atoms with Gasteiger partial charge in [-0.25, -0.2) is 0 Å². The van der Waals surface area contributed by atoms with Crippen molar-refractivity contribution in [3.8, 4) is 0 Å². The summed E-state index contributed by atoms with van der Waals surface area (Å²) in [5.41, 5.74) is -0.212. The zero-order chi connectivity index (χ0) is 15.6. The van der Waals surface area contributed by atoms with E-state index in [-0.39, 0.29) is 17.7 Å². The molecule has 0 aromatic rings. The Morgan fingerprint density at radius 1 is 1.24 bits per heavy atom. The molecule has 1 heterocycles. The number of unbranched alkanes of at least 4 members (excludes halogenated alkanes) is 3. The fraction of sp³-hybridized carbons (Fsp3) is 0.875. The molecule has 0 aromatic heterocycles. The van der Waals surface area contributed by atoms with Crippen LogP contribution < -0.4 is 10.6 Å². The van der Waals surface area contributed by atoms with Crippen LogP contribution in [0, 0.1) is 5.41 Å². The van der Waals surface area contributed by atoms with Gasteiger partial charge in [0.25, 0.3) is 0 Å². The Bertz CT molecular complexity index is 320. The molecule has 1 saturated heterocycles. The molecule has 1 aliphatic heterocycles. The summed E-state index contributed by atoms with van der Waals surface area (Å²) in [6, 6.07) is 0. The first-order valence-electron chi connectivity index (χ1n) is 8.31. The first kappa shape index (κ1) is 18.0. The second kappa shape index (κ2) is 9.77. The second-order valence-corrected chi connectivity index (χ2v) is 6.12. The Labute approximate surface area is 127 Å². The van der Waals surface area contributed by atoms with E-state index < -0.39 is 5.97 Å². The highest BCUT2D eigenvalue weighted by Crippen LogP contribution is 2.31. The summed E-state index contributed by atoms with van der Waals surface area (Å²) in [4.78, 5) is 22.8. The lowest BCUT2D eigenvalue weighted by Crippen LogP contribution is -2.50. The van der Waals surface area contributed by atoms with E-state index in [1.54, 1.807) is 0 Å². The minimum Gasteiger partial charge on any atom is -0.481 e. The molecule has 0 radical (unpaired) electrons. The highest BCUT2D eigenvalue weighted by Gasteiger charge is 2.38. The minimum atomic E-state index is -0.727.